The smallest absolute Gasteiger partial charge is 0.0708 e. The maximum absolute atomic E-state index is 9.34. The summed E-state index contributed by atoms with van der Waals surface area (Å²) in [7, 11) is 0. The van der Waals surface area contributed by atoms with Crippen LogP contribution in [0, 0.1) is 0 Å². The summed E-state index contributed by atoms with van der Waals surface area (Å²) in [5.74, 6) is 0. The summed E-state index contributed by atoms with van der Waals surface area (Å²) in [6, 6.07) is 2.14. The molecular weight excluding hydrogens is 299 g/mol. The molecule has 20 heavy (non-hydrogen) atoms. The van der Waals surface area contributed by atoms with Gasteiger partial charge in [0.25, 0.3) is 0 Å². The van der Waals surface area contributed by atoms with E-state index in [0.717, 1.165) is 12.8 Å². The van der Waals surface area contributed by atoms with Crippen molar-refractivity contribution < 1.29 is 10.2 Å². The van der Waals surface area contributed by atoms with Gasteiger partial charge in [0.2, 0.25) is 0 Å². The molecule has 0 amide bonds. The lowest BCUT2D eigenvalue weighted by Crippen LogP contribution is -2.36. The number of hydrogen-bond donors (Lipinski definition) is 4. The maximum Gasteiger partial charge on any atom is 0.0708 e. The lowest BCUT2D eigenvalue weighted by molar-refractivity contribution is 0.156. The molecule has 4 fully saturated rings. The van der Waals surface area contributed by atoms with Crippen LogP contribution in [0.2, 0.25) is 0 Å². The van der Waals surface area contributed by atoms with Gasteiger partial charge in [-0.15, -0.1) is 24.8 Å². The average molecular weight is 327 g/mol. The SMILES string of the molecule is Cl.Cl.O[C@@H]1C[C@H]2CCC[C@@H]1N2.O[C@H]1C[C@@H]2CCC[C@H]1N2. The molecule has 6 atom stereocenters. The highest BCUT2D eigenvalue weighted by Gasteiger charge is 2.35. The van der Waals surface area contributed by atoms with Crippen molar-refractivity contribution in [2.45, 2.75) is 87.7 Å². The summed E-state index contributed by atoms with van der Waals surface area (Å²) in [6.07, 6.45) is 9.40. The summed E-state index contributed by atoms with van der Waals surface area (Å²) in [4.78, 5) is 0. The van der Waals surface area contributed by atoms with Crippen LogP contribution in [0.15, 0.2) is 0 Å². The van der Waals surface area contributed by atoms with E-state index in [0.29, 0.717) is 24.2 Å². The molecule has 120 valence electrons. The summed E-state index contributed by atoms with van der Waals surface area (Å²) in [5, 5.41) is 25.5. The zero-order valence-corrected chi connectivity index (χ0v) is 13.5. The normalized spacial score (nSPS) is 44.7. The third-order valence-electron chi connectivity index (χ3n) is 5.02. The first-order valence-electron chi connectivity index (χ1n) is 7.60. The predicted molar refractivity (Wildman–Crippen MR) is 84.9 cm³/mol. The second-order valence-corrected chi connectivity index (χ2v) is 6.41. The van der Waals surface area contributed by atoms with Crippen molar-refractivity contribution >= 4 is 24.8 Å². The molecule has 4 aliphatic rings. The van der Waals surface area contributed by atoms with Crippen molar-refractivity contribution in [2.24, 2.45) is 0 Å². The molecule has 0 aliphatic carbocycles. The first-order valence-corrected chi connectivity index (χ1v) is 7.60. The van der Waals surface area contributed by atoms with Gasteiger partial charge in [-0.1, -0.05) is 12.8 Å². The number of aliphatic hydroxyl groups excluding tert-OH is 2. The molecule has 0 saturated carbocycles. The van der Waals surface area contributed by atoms with Gasteiger partial charge in [0.15, 0.2) is 0 Å². The van der Waals surface area contributed by atoms with Crippen molar-refractivity contribution in [3.05, 3.63) is 0 Å². The van der Waals surface area contributed by atoms with E-state index in [4.69, 9.17) is 0 Å². The standard InChI is InChI=1S/2C7H13NO.2ClH/c2*9-7-4-5-2-1-3-6(7)8-5;;/h2*5-9H,1-4H2;2*1H/t2*5-,6+,7-;;/m10../s1. The van der Waals surface area contributed by atoms with Gasteiger partial charge in [-0.2, -0.15) is 0 Å². The second-order valence-electron chi connectivity index (χ2n) is 6.41. The van der Waals surface area contributed by atoms with Gasteiger partial charge in [0, 0.05) is 24.2 Å². The number of rotatable bonds is 0. The van der Waals surface area contributed by atoms with Gasteiger partial charge < -0.3 is 20.8 Å². The Kier molecular flexibility index (Phi) is 7.53. The van der Waals surface area contributed by atoms with E-state index in [2.05, 4.69) is 10.6 Å². The summed E-state index contributed by atoms with van der Waals surface area (Å²) in [5.41, 5.74) is 0. The van der Waals surface area contributed by atoms with Crippen LogP contribution in [0.25, 0.3) is 0 Å². The topological polar surface area (TPSA) is 64.5 Å². The Morgan fingerprint density at radius 2 is 1.05 bits per heavy atom. The van der Waals surface area contributed by atoms with Gasteiger partial charge in [-0.25, -0.2) is 0 Å². The number of fused-ring (bicyclic) bond motifs is 4. The molecule has 4 N–H and O–H groups in total. The Morgan fingerprint density at radius 3 is 1.35 bits per heavy atom. The van der Waals surface area contributed by atoms with Crippen molar-refractivity contribution in [3.8, 4) is 0 Å². The van der Waals surface area contributed by atoms with Crippen LogP contribution < -0.4 is 10.6 Å². The minimum atomic E-state index is -0.0440. The highest BCUT2D eigenvalue weighted by Crippen LogP contribution is 2.27. The fourth-order valence-electron chi connectivity index (χ4n) is 4.00. The van der Waals surface area contributed by atoms with E-state index in [9.17, 15) is 10.2 Å². The number of hydrogen-bond acceptors (Lipinski definition) is 4. The van der Waals surface area contributed by atoms with Crippen LogP contribution in [0.3, 0.4) is 0 Å². The van der Waals surface area contributed by atoms with Gasteiger partial charge >= 0.3 is 0 Å². The molecule has 0 aromatic heterocycles. The molecule has 0 aromatic carbocycles. The predicted octanol–water partition coefficient (Wildman–Crippen LogP) is 1.37. The minimum Gasteiger partial charge on any atom is -0.391 e. The van der Waals surface area contributed by atoms with Crippen molar-refractivity contribution in [1.82, 2.24) is 10.6 Å². The van der Waals surface area contributed by atoms with Crippen LogP contribution in [-0.4, -0.2) is 46.6 Å². The lowest BCUT2D eigenvalue weighted by atomic mass is 10.1. The molecule has 4 aliphatic heterocycles. The zero-order chi connectivity index (χ0) is 12.5. The highest BCUT2D eigenvalue weighted by molar-refractivity contribution is 5.85. The van der Waals surface area contributed by atoms with Crippen molar-refractivity contribution in [1.29, 1.82) is 0 Å². The molecule has 0 spiro atoms. The van der Waals surface area contributed by atoms with Crippen molar-refractivity contribution in [3.63, 3.8) is 0 Å². The molecule has 4 heterocycles. The molecule has 6 heteroatoms. The van der Waals surface area contributed by atoms with Gasteiger partial charge in [0.05, 0.1) is 12.2 Å². The van der Waals surface area contributed by atoms with Crippen LogP contribution in [0.5, 0.6) is 0 Å². The lowest BCUT2D eigenvalue weighted by Gasteiger charge is -2.20. The van der Waals surface area contributed by atoms with Crippen LogP contribution >= 0.6 is 24.8 Å². The van der Waals surface area contributed by atoms with E-state index in [1.54, 1.807) is 0 Å². The molecule has 4 nitrogen and oxygen atoms in total. The monoisotopic (exact) mass is 326 g/mol. The Morgan fingerprint density at radius 1 is 0.650 bits per heavy atom. The zero-order valence-electron chi connectivity index (χ0n) is 11.8. The van der Waals surface area contributed by atoms with E-state index < -0.39 is 0 Å². The molecule has 0 radical (unpaired) electrons. The Labute approximate surface area is 133 Å². The fourth-order valence-corrected chi connectivity index (χ4v) is 4.00. The van der Waals surface area contributed by atoms with Crippen LogP contribution in [0.1, 0.15) is 51.4 Å². The number of nitrogens with one attached hydrogen (secondary N) is 2. The van der Waals surface area contributed by atoms with Gasteiger partial charge in [-0.3, -0.25) is 0 Å². The quantitative estimate of drug-likeness (QED) is 0.543. The number of piperidine rings is 2. The molecule has 4 saturated heterocycles. The first kappa shape index (κ1) is 18.5. The molecule has 0 aromatic rings. The number of aliphatic hydroxyl groups is 2. The number of halogens is 2. The molecule has 4 bridgehead atoms. The molecule has 0 unspecified atom stereocenters. The van der Waals surface area contributed by atoms with Crippen molar-refractivity contribution in [2.75, 3.05) is 0 Å². The fraction of sp³-hybridized carbons (Fsp3) is 1.00. The Balaban J connectivity index is 0.000000182. The summed E-state index contributed by atoms with van der Waals surface area (Å²) in [6.45, 7) is 0. The van der Waals surface area contributed by atoms with E-state index >= 15 is 0 Å². The summed E-state index contributed by atoms with van der Waals surface area (Å²) < 4.78 is 0. The van der Waals surface area contributed by atoms with Crippen LogP contribution in [0.4, 0.5) is 0 Å². The molecular formula is C14H28Cl2N2O2. The summed E-state index contributed by atoms with van der Waals surface area (Å²) >= 11 is 0. The van der Waals surface area contributed by atoms with E-state index in [1.165, 1.54) is 38.5 Å². The van der Waals surface area contributed by atoms with E-state index in [1.807, 2.05) is 0 Å². The average Bonchev–Trinajstić information content (AvgIpc) is 2.77. The van der Waals surface area contributed by atoms with Crippen LogP contribution in [-0.2, 0) is 0 Å². The highest BCUT2D eigenvalue weighted by atomic mass is 35.5. The third-order valence-corrected chi connectivity index (χ3v) is 5.02. The third kappa shape index (κ3) is 4.21. The minimum absolute atomic E-state index is 0. The second kappa shape index (κ2) is 8.16. The van der Waals surface area contributed by atoms with Gasteiger partial charge in [0.1, 0.15) is 0 Å². The first-order chi connectivity index (χ1) is 8.72. The Hall–Kier alpha value is 0.420. The molecule has 4 rings (SSSR count). The van der Waals surface area contributed by atoms with E-state index in [-0.39, 0.29) is 37.0 Å². The van der Waals surface area contributed by atoms with Gasteiger partial charge in [-0.05, 0) is 38.5 Å². The largest absolute Gasteiger partial charge is 0.391 e. The maximum atomic E-state index is 9.34. The Bertz CT molecular complexity index is 264.